The maximum absolute atomic E-state index is 12.5. The van der Waals surface area contributed by atoms with Gasteiger partial charge in [0.05, 0.1) is 0 Å². The van der Waals surface area contributed by atoms with Gasteiger partial charge in [-0.1, -0.05) is 0 Å². The van der Waals surface area contributed by atoms with Crippen molar-refractivity contribution in [2.45, 2.75) is 32.2 Å². The van der Waals surface area contributed by atoms with Crippen LogP contribution in [0.5, 0.6) is 0 Å². The van der Waals surface area contributed by atoms with Crippen molar-refractivity contribution in [1.82, 2.24) is 9.78 Å². The van der Waals surface area contributed by atoms with E-state index in [-0.39, 0.29) is 6.42 Å². The standard InChI is InChI=1S/C9H13F2N3/c1-6-5-14(13-8(6)12)3-2-7-4-9(7,10)11/h5,7H,2-4H2,1H3,(H2,12,13). The quantitative estimate of drug-likeness (QED) is 0.810. The lowest BCUT2D eigenvalue weighted by molar-refractivity contribution is 0.0958. The third-order valence-electron chi connectivity index (χ3n) is 2.65. The Hall–Kier alpha value is -1.13. The number of nitrogens with zero attached hydrogens (tertiary/aromatic N) is 2. The third kappa shape index (κ3) is 1.71. The van der Waals surface area contributed by atoms with Gasteiger partial charge < -0.3 is 5.73 Å². The van der Waals surface area contributed by atoms with Gasteiger partial charge in [-0.05, 0) is 13.3 Å². The van der Waals surface area contributed by atoms with Gasteiger partial charge in [0.1, 0.15) is 5.82 Å². The first-order valence-electron chi connectivity index (χ1n) is 4.66. The Balaban J connectivity index is 1.87. The lowest BCUT2D eigenvalue weighted by atomic mass is 10.3. The molecule has 0 aromatic carbocycles. The predicted molar refractivity (Wildman–Crippen MR) is 49.0 cm³/mol. The van der Waals surface area contributed by atoms with Gasteiger partial charge in [0.15, 0.2) is 0 Å². The largest absolute Gasteiger partial charge is 0.382 e. The summed E-state index contributed by atoms with van der Waals surface area (Å²) < 4.78 is 26.7. The van der Waals surface area contributed by atoms with Crippen molar-refractivity contribution < 1.29 is 8.78 Å². The molecule has 1 aromatic heterocycles. The molecule has 1 aliphatic carbocycles. The topological polar surface area (TPSA) is 43.8 Å². The minimum Gasteiger partial charge on any atom is -0.382 e. The molecule has 2 rings (SSSR count). The van der Waals surface area contributed by atoms with Gasteiger partial charge in [0.25, 0.3) is 5.92 Å². The molecule has 3 nitrogen and oxygen atoms in total. The first-order valence-corrected chi connectivity index (χ1v) is 4.66. The van der Waals surface area contributed by atoms with E-state index in [1.54, 1.807) is 10.9 Å². The SMILES string of the molecule is Cc1cn(CCC2CC2(F)F)nc1N. The van der Waals surface area contributed by atoms with Crippen molar-refractivity contribution in [3.8, 4) is 0 Å². The van der Waals surface area contributed by atoms with Gasteiger partial charge in [0, 0.05) is 30.6 Å². The third-order valence-corrected chi connectivity index (χ3v) is 2.65. The molecule has 0 radical (unpaired) electrons. The van der Waals surface area contributed by atoms with Crippen molar-refractivity contribution in [2.24, 2.45) is 5.92 Å². The monoisotopic (exact) mass is 201 g/mol. The van der Waals surface area contributed by atoms with Gasteiger partial charge in [-0.3, -0.25) is 4.68 Å². The van der Waals surface area contributed by atoms with E-state index in [1.807, 2.05) is 6.92 Å². The van der Waals surface area contributed by atoms with E-state index in [9.17, 15) is 8.78 Å². The number of alkyl halides is 2. The molecule has 2 N–H and O–H groups in total. The van der Waals surface area contributed by atoms with Gasteiger partial charge in [-0.25, -0.2) is 8.78 Å². The second kappa shape index (κ2) is 2.93. The van der Waals surface area contributed by atoms with Crippen LogP contribution in [0.4, 0.5) is 14.6 Å². The zero-order valence-corrected chi connectivity index (χ0v) is 8.00. The summed E-state index contributed by atoms with van der Waals surface area (Å²) in [5, 5.41) is 4.01. The molecule has 14 heavy (non-hydrogen) atoms. The summed E-state index contributed by atoms with van der Waals surface area (Å²) in [5.74, 6) is -2.39. The molecule has 0 amide bonds. The van der Waals surface area contributed by atoms with Crippen LogP contribution in [0, 0.1) is 12.8 Å². The molecule has 1 aromatic rings. The molecule has 1 heterocycles. The molecular weight excluding hydrogens is 188 g/mol. The number of aryl methyl sites for hydroxylation is 2. The normalized spacial score (nSPS) is 23.8. The van der Waals surface area contributed by atoms with E-state index in [1.165, 1.54) is 0 Å². The van der Waals surface area contributed by atoms with Gasteiger partial charge >= 0.3 is 0 Å². The lowest BCUT2D eigenvalue weighted by Crippen LogP contribution is -2.03. The molecule has 1 fully saturated rings. The Bertz CT molecular complexity index is 326. The highest BCUT2D eigenvalue weighted by Gasteiger charge is 2.55. The number of hydrogen-bond donors (Lipinski definition) is 1. The second-order valence-electron chi connectivity index (χ2n) is 3.91. The molecule has 1 unspecified atom stereocenters. The number of hydrogen-bond acceptors (Lipinski definition) is 2. The summed E-state index contributed by atoms with van der Waals surface area (Å²) >= 11 is 0. The van der Waals surface area contributed by atoms with Crippen molar-refractivity contribution >= 4 is 5.82 Å². The van der Waals surface area contributed by atoms with Crippen LogP contribution >= 0.6 is 0 Å². The van der Waals surface area contributed by atoms with Gasteiger partial charge in [0.2, 0.25) is 0 Å². The fourth-order valence-corrected chi connectivity index (χ4v) is 1.52. The molecule has 5 heteroatoms. The van der Waals surface area contributed by atoms with E-state index in [4.69, 9.17) is 5.73 Å². The minimum atomic E-state index is -2.42. The highest BCUT2D eigenvalue weighted by Crippen LogP contribution is 2.50. The smallest absolute Gasteiger partial charge is 0.251 e. The van der Waals surface area contributed by atoms with Crippen LogP contribution < -0.4 is 5.73 Å². The van der Waals surface area contributed by atoms with E-state index < -0.39 is 11.8 Å². The van der Waals surface area contributed by atoms with Crippen molar-refractivity contribution in [1.29, 1.82) is 0 Å². The fourth-order valence-electron chi connectivity index (χ4n) is 1.52. The van der Waals surface area contributed by atoms with Gasteiger partial charge in [-0.15, -0.1) is 0 Å². The van der Waals surface area contributed by atoms with Crippen LogP contribution in [0.2, 0.25) is 0 Å². The Morgan fingerprint density at radius 2 is 2.36 bits per heavy atom. The molecule has 0 spiro atoms. The Labute approximate surface area is 80.9 Å². The Kier molecular flexibility index (Phi) is 1.97. The van der Waals surface area contributed by atoms with Crippen LogP contribution in [0.3, 0.4) is 0 Å². The molecule has 0 aliphatic heterocycles. The van der Waals surface area contributed by atoms with Crippen LogP contribution in [0.25, 0.3) is 0 Å². The van der Waals surface area contributed by atoms with Crippen molar-refractivity contribution in [3.05, 3.63) is 11.8 Å². The minimum absolute atomic E-state index is 0.0305. The molecule has 0 saturated heterocycles. The molecule has 1 saturated carbocycles. The van der Waals surface area contributed by atoms with Crippen LogP contribution in [0.1, 0.15) is 18.4 Å². The first kappa shape index (κ1) is 9.43. The second-order valence-corrected chi connectivity index (χ2v) is 3.91. The number of aromatic nitrogens is 2. The number of nitrogens with two attached hydrogens (primary N) is 1. The highest BCUT2D eigenvalue weighted by atomic mass is 19.3. The summed E-state index contributed by atoms with van der Waals surface area (Å²) in [5.41, 5.74) is 6.43. The van der Waals surface area contributed by atoms with E-state index in [0.717, 1.165) is 5.56 Å². The van der Waals surface area contributed by atoms with E-state index >= 15 is 0 Å². The Morgan fingerprint density at radius 1 is 1.71 bits per heavy atom. The average Bonchev–Trinajstić information content (AvgIpc) is 2.56. The maximum atomic E-state index is 12.5. The molecule has 1 atom stereocenters. The first-order chi connectivity index (χ1) is 6.49. The Morgan fingerprint density at radius 3 is 2.79 bits per heavy atom. The fraction of sp³-hybridized carbons (Fsp3) is 0.667. The summed E-state index contributed by atoms with van der Waals surface area (Å²) in [6.07, 6.45) is 2.30. The van der Waals surface area contributed by atoms with Crippen LogP contribution in [0.15, 0.2) is 6.20 Å². The number of nitrogen functional groups attached to an aromatic ring is 1. The maximum Gasteiger partial charge on any atom is 0.251 e. The number of anilines is 1. The van der Waals surface area contributed by atoms with Crippen molar-refractivity contribution in [2.75, 3.05) is 5.73 Å². The average molecular weight is 201 g/mol. The number of halogens is 2. The molecule has 1 aliphatic rings. The predicted octanol–water partition coefficient (Wildman–Crippen LogP) is 1.82. The molecule has 0 bridgehead atoms. The van der Waals surface area contributed by atoms with E-state index in [0.29, 0.717) is 18.8 Å². The molecule has 78 valence electrons. The zero-order valence-electron chi connectivity index (χ0n) is 8.00. The summed E-state index contributed by atoms with van der Waals surface area (Å²) in [6, 6.07) is 0. The summed E-state index contributed by atoms with van der Waals surface area (Å²) in [4.78, 5) is 0. The van der Waals surface area contributed by atoms with Crippen LogP contribution in [-0.2, 0) is 6.54 Å². The van der Waals surface area contributed by atoms with Crippen LogP contribution in [-0.4, -0.2) is 15.7 Å². The van der Waals surface area contributed by atoms with E-state index in [2.05, 4.69) is 5.10 Å². The molecular formula is C9H13F2N3. The summed E-state index contributed by atoms with van der Waals surface area (Å²) in [6.45, 7) is 2.38. The number of rotatable bonds is 3. The lowest BCUT2D eigenvalue weighted by Gasteiger charge is -1.99. The van der Waals surface area contributed by atoms with Gasteiger partial charge in [-0.2, -0.15) is 5.10 Å². The highest BCUT2D eigenvalue weighted by molar-refractivity contribution is 5.35. The van der Waals surface area contributed by atoms with Crippen molar-refractivity contribution in [3.63, 3.8) is 0 Å². The zero-order chi connectivity index (χ0) is 10.3. The summed E-state index contributed by atoms with van der Waals surface area (Å²) in [7, 11) is 0.